The van der Waals surface area contributed by atoms with Gasteiger partial charge in [0.1, 0.15) is 5.82 Å². The molecular weight excluding hydrogens is 291 g/mol. The van der Waals surface area contributed by atoms with E-state index in [9.17, 15) is 4.39 Å². The van der Waals surface area contributed by atoms with Gasteiger partial charge in [-0.25, -0.2) is 4.39 Å². The Balaban J connectivity index is 2.21. The van der Waals surface area contributed by atoms with Crippen molar-refractivity contribution in [3.8, 4) is 11.5 Å². The fourth-order valence-electron chi connectivity index (χ4n) is 2.21. The fourth-order valence-corrected chi connectivity index (χ4v) is 2.57. The minimum Gasteiger partial charge on any atom is -0.493 e. The molecule has 0 aliphatic heterocycles. The number of benzene rings is 2. The van der Waals surface area contributed by atoms with E-state index in [1.165, 1.54) is 6.07 Å². The topological polar surface area (TPSA) is 18.5 Å². The third-order valence-corrected chi connectivity index (χ3v) is 3.75. The van der Waals surface area contributed by atoms with Crippen molar-refractivity contribution in [2.45, 2.75) is 18.7 Å². The summed E-state index contributed by atoms with van der Waals surface area (Å²) in [6.07, 6.45) is 0.516. The molecule has 0 heterocycles. The smallest absolute Gasteiger partial charge is 0.160 e. The van der Waals surface area contributed by atoms with Crippen LogP contribution in [0, 0.1) is 12.7 Å². The van der Waals surface area contributed by atoms with Gasteiger partial charge in [-0.15, -0.1) is 11.6 Å². The molecule has 0 aliphatic carbocycles. The highest BCUT2D eigenvalue weighted by Crippen LogP contribution is 2.32. The van der Waals surface area contributed by atoms with Gasteiger partial charge in [-0.1, -0.05) is 18.2 Å². The fraction of sp³-hybridized carbons (Fsp3) is 0.294. The van der Waals surface area contributed by atoms with E-state index in [4.69, 9.17) is 21.1 Å². The molecule has 0 saturated heterocycles. The normalized spacial score (nSPS) is 12.0. The van der Waals surface area contributed by atoms with Crippen LogP contribution in [0.25, 0.3) is 0 Å². The molecule has 0 saturated carbocycles. The van der Waals surface area contributed by atoms with Crippen molar-refractivity contribution in [1.29, 1.82) is 0 Å². The van der Waals surface area contributed by atoms with Crippen molar-refractivity contribution in [1.82, 2.24) is 0 Å². The third kappa shape index (κ3) is 3.67. The van der Waals surface area contributed by atoms with E-state index >= 15 is 0 Å². The molecule has 0 N–H and O–H groups in total. The molecule has 2 aromatic carbocycles. The van der Waals surface area contributed by atoms with Crippen molar-refractivity contribution >= 4 is 11.6 Å². The van der Waals surface area contributed by atoms with Gasteiger partial charge in [0.05, 0.1) is 19.6 Å². The Morgan fingerprint density at radius 1 is 1.05 bits per heavy atom. The van der Waals surface area contributed by atoms with Crippen LogP contribution >= 0.6 is 11.6 Å². The van der Waals surface area contributed by atoms with Crippen molar-refractivity contribution < 1.29 is 13.9 Å². The van der Waals surface area contributed by atoms with Crippen molar-refractivity contribution in [2.75, 3.05) is 14.2 Å². The lowest BCUT2D eigenvalue weighted by Gasteiger charge is -2.14. The largest absolute Gasteiger partial charge is 0.493 e. The summed E-state index contributed by atoms with van der Waals surface area (Å²) in [5.74, 6) is 1.03. The zero-order chi connectivity index (χ0) is 15.4. The van der Waals surface area contributed by atoms with Crippen LogP contribution in [0.3, 0.4) is 0 Å². The van der Waals surface area contributed by atoms with Crippen LogP contribution in [0.4, 0.5) is 4.39 Å². The Morgan fingerprint density at radius 2 is 1.76 bits per heavy atom. The molecule has 2 rings (SSSR count). The molecule has 0 spiro atoms. The molecular formula is C17H18ClFO2. The first-order valence-corrected chi connectivity index (χ1v) is 7.09. The molecule has 0 amide bonds. The standard InChI is InChI=1S/C17H18ClFO2/c1-11-4-6-13(15(19)8-11)14(18)9-12-5-7-16(20-2)17(10-12)21-3/h4-8,10,14H,9H2,1-3H3. The number of alkyl halides is 1. The first-order chi connectivity index (χ1) is 10.0. The second-order valence-electron chi connectivity index (χ2n) is 4.89. The number of rotatable bonds is 5. The maximum atomic E-state index is 13.9. The average Bonchev–Trinajstić information content (AvgIpc) is 2.46. The molecule has 0 aromatic heterocycles. The Kier molecular flexibility index (Phi) is 5.07. The summed E-state index contributed by atoms with van der Waals surface area (Å²) in [4.78, 5) is 0. The molecule has 1 unspecified atom stereocenters. The molecule has 0 aliphatic rings. The molecule has 1 atom stereocenters. The molecule has 0 radical (unpaired) electrons. The van der Waals surface area contributed by atoms with Gasteiger partial charge in [-0.05, 0) is 42.7 Å². The van der Waals surface area contributed by atoms with Gasteiger partial charge in [0, 0.05) is 5.56 Å². The van der Waals surface area contributed by atoms with E-state index in [2.05, 4.69) is 0 Å². The van der Waals surface area contributed by atoms with Gasteiger partial charge in [0.2, 0.25) is 0 Å². The highest BCUT2D eigenvalue weighted by atomic mass is 35.5. The SMILES string of the molecule is COc1ccc(CC(Cl)c2ccc(C)cc2F)cc1OC. The predicted octanol–water partition coefficient (Wildman–Crippen LogP) is 4.67. The van der Waals surface area contributed by atoms with E-state index < -0.39 is 5.38 Å². The lowest BCUT2D eigenvalue weighted by Crippen LogP contribution is -2.00. The molecule has 2 aromatic rings. The summed E-state index contributed by atoms with van der Waals surface area (Å²) >= 11 is 6.36. The summed E-state index contributed by atoms with van der Waals surface area (Å²) in [5, 5.41) is -0.427. The number of ether oxygens (including phenoxy) is 2. The molecule has 112 valence electrons. The zero-order valence-electron chi connectivity index (χ0n) is 12.3. The van der Waals surface area contributed by atoms with Crippen molar-refractivity contribution in [3.63, 3.8) is 0 Å². The summed E-state index contributed by atoms with van der Waals surface area (Å²) in [6, 6.07) is 10.7. The van der Waals surface area contributed by atoms with Crippen LogP contribution in [0.15, 0.2) is 36.4 Å². The number of hydrogen-bond donors (Lipinski definition) is 0. The summed E-state index contributed by atoms with van der Waals surface area (Å²) < 4.78 is 24.4. The van der Waals surface area contributed by atoms with Crippen LogP contribution in [-0.2, 0) is 6.42 Å². The molecule has 21 heavy (non-hydrogen) atoms. The van der Waals surface area contributed by atoms with Gasteiger partial charge < -0.3 is 9.47 Å². The predicted molar refractivity (Wildman–Crippen MR) is 83.0 cm³/mol. The quantitative estimate of drug-likeness (QED) is 0.747. The number of hydrogen-bond acceptors (Lipinski definition) is 2. The molecule has 2 nitrogen and oxygen atoms in total. The van der Waals surface area contributed by atoms with Crippen molar-refractivity contribution in [3.05, 3.63) is 58.9 Å². The Hall–Kier alpha value is -1.74. The first-order valence-electron chi connectivity index (χ1n) is 6.66. The van der Waals surface area contributed by atoms with Crippen LogP contribution in [0.5, 0.6) is 11.5 Å². The van der Waals surface area contributed by atoms with Gasteiger partial charge in [-0.3, -0.25) is 0 Å². The van der Waals surface area contributed by atoms with Crippen LogP contribution in [0.2, 0.25) is 0 Å². The minimum atomic E-state index is -0.427. The lowest BCUT2D eigenvalue weighted by molar-refractivity contribution is 0.354. The van der Waals surface area contributed by atoms with E-state index in [0.29, 0.717) is 23.5 Å². The van der Waals surface area contributed by atoms with E-state index in [0.717, 1.165) is 11.1 Å². The highest BCUT2D eigenvalue weighted by Gasteiger charge is 2.15. The zero-order valence-corrected chi connectivity index (χ0v) is 13.1. The van der Waals surface area contributed by atoms with E-state index in [-0.39, 0.29) is 5.82 Å². The summed E-state index contributed by atoms with van der Waals surface area (Å²) in [7, 11) is 3.17. The van der Waals surface area contributed by atoms with Gasteiger partial charge >= 0.3 is 0 Å². The number of aryl methyl sites for hydroxylation is 1. The van der Waals surface area contributed by atoms with Crippen LogP contribution in [0.1, 0.15) is 22.1 Å². The second kappa shape index (κ2) is 6.81. The molecule has 4 heteroatoms. The maximum absolute atomic E-state index is 13.9. The van der Waals surface area contributed by atoms with Crippen LogP contribution in [-0.4, -0.2) is 14.2 Å². The Morgan fingerprint density at radius 3 is 2.38 bits per heavy atom. The van der Waals surface area contributed by atoms with E-state index in [1.807, 2.05) is 31.2 Å². The number of halogens is 2. The highest BCUT2D eigenvalue weighted by molar-refractivity contribution is 6.20. The monoisotopic (exact) mass is 308 g/mol. The average molecular weight is 309 g/mol. The first kappa shape index (κ1) is 15.6. The number of methoxy groups -OCH3 is 2. The van der Waals surface area contributed by atoms with E-state index in [1.54, 1.807) is 20.3 Å². The van der Waals surface area contributed by atoms with Gasteiger partial charge in [0.25, 0.3) is 0 Å². The minimum absolute atomic E-state index is 0.268. The van der Waals surface area contributed by atoms with Crippen molar-refractivity contribution in [2.24, 2.45) is 0 Å². The van der Waals surface area contributed by atoms with Gasteiger partial charge in [0.15, 0.2) is 11.5 Å². The summed E-state index contributed by atoms with van der Waals surface area (Å²) in [5.41, 5.74) is 2.36. The Labute approximate surface area is 129 Å². The lowest BCUT2D eigenvalue weighted by atomic mass is 10.0. The van der Waals surface area contributed by atoms with Crippen LogP contribution < -0.4 is 9.47 Å². The third-order valence-electron chi connectivity index (χ3n) is 3.36. The van der Waals surface area contributed by atoms with Gasteiger partial charge in [-0.2, -0.15) is 0 Å². The second-order valence-corrected chi connectivity index (χ2v) is 5.41. The molecule has 0 bridgehead atoms. The molecule has 0 fully saturated rings. The summed E-state index contributed by atoms with van der Waals surface area (Å²) in [6.45, 7) is 1.85. The Bertz CT molecular complexity index is 628. The maximum Gasteiger partial charge on any atom is 0.160 e.